The molecule has 5 heteroatoms. The number of hydrogen-bond donors (Lipinski definition) is 1. The number of ether oxygens (including phenoxy) is 1. The molecular formula is C17H13N3O2. The number of methoxy groups -OCH3 is 1. The summed E-state index contributed by atoms with van der Waals surface area (Å²) in [7, 11) is 1.61. The molecule has 0 aliphatic rings. The first-order valence-corrected chi connectivity index (χ1v) is 6.62. The Kier molecular flexibility index (Phi) is 3.50. The number of hydrogen-bond acceptors (Lipinski definition) is 5. The summed E-state index contributed by atoms with van der Waals surface area (Å²) in [4.78, 5) is 4.24. The van der Waals surface area contributed by atoms with Crippen molar-refractivity contribution in [1.29, 1.82) is 5.26 Å². The van der Waals surface area contributed by atoms with E-state index in [1.807, 2.05) is 24.3 Å². The molecule has 5 nitrogen and oxygen atoms in total. The monoisotopic (exact) mass is 291 g/mol. The first-order valence-electron chi connectivity index (χ1n) is 6.62. The number of benzene rings is 1. The molecule has 0 saturated heterocycles. The smallest absolute Gasteiger partial charge is 0.152 e. The first-order chi connectivity index (χ1) is 10.7. The molecule has 0 fully saturated rings. The Hall–Kier alpha value is -3.26. The number of aromatic nitrogens is 1. The lowest BCUT2D eigenvalue weighted by Crippen LogP contribution is -1.99. The van der Waals surface area contributed by atoms with Gasteiger partial charge >= 0.3 is 0 Å². The molecule has 0 atom stereocenters. The molecule has 0 aliphatic heterocycles. The van der Waals surface area contributed by atoms with Crippen molar-refractivity contribution in [2.45, 2.75) is 0 Å². The van der Waals surface area contributed by atoms with E-state index in [4.69, 9.17) is 14.9 Å². The highest BCUT2D eigenvalue weighted by atomic mass is 16.5. The Morgan fingerprint density at radius 1 is 1.23 bits per heavy atom. The Balaban J connectivity index is 2.18. The summed E-state index contributed by atoms with van der Waals surface area (Å²) >= 11 is 0. The molecule has 0 amide bonds. The second-order valence-corrected chi connectivity index (χ2v) is 4.63. The zero-order valence-electron chi connectivity index (χ0n) is 11.9. The molecular weight excluding hydrogens is 278 g/mol. The number of furan rings is 1. The maximum absolute atomic E-state index is 9.36. The zero-order valence-corrected chi connectivity index (χ0v) is 11.9. The van der Waals surface area contributed by atoms with Gasteiger partial charge in [-0.3, -0.25) is 0 Å². The average molecular weight is 291 g/mol. The van der Waals surface area contributed by atoms with Gasteiger partial charge in [0.25, 0.3) is 0 Å². The fourth-order valence-electron chi connectivity index (χ4n) is 2.23. The molecule has 1 aromatic carbocycles. The number of nitrogen functional groups attached to an aromatic ring is 1. The van der Waals surface area contributed by atoms with Crippen LogP contribution < -0.4 is 10.5 Å². The normalized spacial score (nSPS) is 10.2. The van der Waals surface area contributed by atoms with Crippen LogP contribution in [0.5, 0.6) is 5.75 Å². The minimum Gasteiger partial charge on any atom is -0.497 e. The lowest BCUT2D eigenvalue weighted by atomic mass is 10.00. The van der Waals surface area contributed by atoms with Gasteiger partial charge in [-0.1, -0.05) is 12.1 Å². The summed E-state index contributed by atoms with van der Waals surface area (Å²) in [6.45, 7) is 0. The average Bonchev–Trinajstić information content (AvgIpc) is 3.08. The number of nitrogens with zero attached hydrogens (tertiary/aromatic N) is 2. The minimum absolute atomic E-state index is 0.183. The SMILES string of the molecule is COc1ccc(-c2cc(-c3ccco3)nc(N)c2C#N)cc1. The second-order valence-electron chi connectivity index (χ2n) is 4.63. The van der Waals surface area contributed by atoms with E-state index >= 15 is 0 Å². The van der Waals surface area contributed by atoms with E-state index in [0.29, 0.717) is 22.6 Å². The van der Waals surface area contributed by atoms with Gasteiger partial charge in [-0.15, -0.1) is 0 Å². The van der Waals surface area contributed by atoms with Crippen molar-refractivity contribution in [1.82, 2.24) is 4.98 Å². The van der Waals surface area contributed by atoms with Gasteiger partial charge in [-0.2, -0.15) is 5.26 Å². The van der Waals surface area contributed by atoms with Crippen LogP contribution in [0.4, 0.5) is 5.82 Å². The largest absolute Gasteiger partial charge is 0.497 e. The van der Waals surface area contributed by atoms with Crippen molar-refractivity contribution >= 4 is 5.82 Å². The van der Waals surface area contributed by atoms with Crippen LogP contribution in [0, 0.1) is 11.3 Å². The first kappa shape index (κ1) is 13.7. The Bertz CT molecular complexity index is 832. The maximum Gasteiger partial charge on any atom is 0.152 e. The van der Waals surface area contributed by atoms with Gasteiger partial charge in [0.1, 0.15) is 28.9 Å². The van der Waals surface area contributed by atoms with E-state index in [2.05, 4.69) is 11.1 Å². The van der Waals surface area contributed by atoms with Gasteiger partial charge in [-0.25, -0.2) is 4.98 Å². The molecule has 0 radical (unpaired) electrons. The van der Waals surface area contributed by atoms with Crippen LogP contribution >= 0.6 is 0 Å². The highest BCUT2D eigenvalue weighted by Gasteiger charge is 2.14. The molecule has 3 aromatic rings. The number of rotatable bonds is 3. The number of pyridine rings is 1. The summed E-state index contributed by atoms with van der Waals surface area (Å²) in [5.74, 6) is 1.53. The number of nitriles is 1. The molecule has 0 spiro atoms. The second kappa shape index (κ2) is 5.62. The van der Waals surface area contributed by atoms with Crippen LogP contribution in [0.1, 0.15) is 5.56 Å². The molecule has 0 bridgehead atoms. The number of nitrogens with two attached hydrogens (primary N) is 1. The highest BCUT2D eigenvalue weighted by molar-refractivity contribution is 5.79. The summed E-state index contributed by atoms with van der Waals surface area (Å²) < 4.78 is 10.5. The minimum atomic E-state index is 0.183. The van der Waals surface area contributed by atoms with Gasteiger partial charge in [0.2, 0.25) is 0 Å². The van der Waals surface area contributed by atoms with Crippen LogP contribution in [0.15, 0.2) is 53.1 Å². The highest BCUT2D eigenvalue weighted by Crippen LogP contribution is 2.32. The molecule has 2 N–H and O–H groups in total. The van der Waals surface area contributed by atoms with Gasteiger partial charge < -0.3 is 14.9 Å². The van der Waals surface area contributed by atoms with Crippen molar-refractivity contribution < 1.29 is 9.15 Å². The molecule has 108 valence electrons. The molecule has 22 heavy (non-hydrogen) atoms. The Labute approximate surface area is 127 Å². The Morgan fingerprint density at radius 2 is 2.00 bits per heavy atom. The van der Waals surface area contributed by atoms with Crippen LogP contribution in [-0.4, -0.2) is 12.1 Å². The van der Waals surface area contributed by atoms with Crippen LogP contribution in [0.2, 0.25) is 0 Å². The van der Waals surface area contributed by atoms with E-state index in [9.17, 15) is 5.26 Å². The van der Waals surface area contributed by atoms with E-state index in [1.165, 1.54) is 0 Å². The molecule has 2 heterocycles. The molecule has 3 rings (SSSR count). The van der Waals surface area contributed by atoms with Gasteiger partial charge in [0.15, 0.2) is 5.76 Å². The van der Waals surface area contributed by atoms with Gasteiger partial charge in [-0.05, 0) is 35.9 Å². The third-order valence-electron chi connectivity index (χ3n) is 3.33. The van der Waals surface area contributed by atoms with Crippen molar-refractivity contribution in [3.05, 3.63) is 54.3 Å². The van der Waals surface area contributed by atoms with Crippen molar-refractivity contribution in [3.63, 3.8) is 0 Å². The van der Waals surface area contributed by atoms with E-state index < -0.39 is 0 Å². The number of anilines is 1. The Morgan fingerprint density at radius 3 is 2.59 bits per heavy atom. The van der Waals surface area contributed by atoms with Crippen LogP contribution in [0.25, 0.3) is 22.6 Å². The molecule has 2 aromatic heterocycles. The van der Waals surface area contributed by atoms with Crippen molar-refractivity contribution in [3.8, 4) is 34.4 Å². The molecule has 0 saturated carbocycles. The fourth-order valence-corrected chi connectivity index (χ4v) is 2.23. The van der Waals surface area contributed by atoms with E-state index in [0.717, 1.165) is 11.3 Å². The fraction of sp³-hybridized carbons (Fsp3) is 0.0588. The quantitative estimate of drug-likeness (QED) is 0.798. The third kappa shape index (κ3) is 2.38. The molecule has 0 aliphatic carbocycles. The summed E-state index contributed by atoms with van der Waals surface area (Å²) in [5.41, 5.74) is 8.44. The van der Waals surface area contributed by atoms with Gasteiger partial charge in [0.05, 0.1) is 13.4 Å². The third-order valence-corrected chi connectivity index (χ3v) is 3.33. The lowest BCUT2D eigenvalue weighted by molar-refractivity contribution is 0.415. The maximum atomic E-state index is 9.36. The molecule has 0 unspecified atom stereocenters. The summed E-state index contributed by atoms with van der Waals surface area (Å²) in [6.07, 6.45) is 1.57. The predicted octanol–water partition coefficient (Wildman–Crippen LogP) is 3.47. The van der Waals surface area contributed by atoms with Crippen LogP contribution in [0.3, 0.4) is 0 Å². The van der Waals surface area contributed by atoms with Crippen molar-refractivity contribution in [2.24, 2.45) is 0 Å². The van der Waals surface area contributed by atoms with Crippen molar-refractivity contribution in [2.75, 3.05) is 12.8 Å². The summed E-state index contributed by atoms with van der Waals surface area (Å²) in [6, 6.07) is 14.9. The van der Waals surface area contributed by atoms with Gasteiger partial charge in [0, 0.05) is 5.56 Å². The van der Waals surface area contributed by atoms with Crippen LogP contribution in [-0.2, 0) is 0 Å². The topological polar surface area (TPSA) is 85.1 Å². The van der Waals surface area contributed by atoms with E-state index in [-0.39, 0.29) is 5.82 Å². The zero-order chi connectivity index (χ0) is 15.5. The standard InChI is InChI=1S/C17H13N3O2/c1-21-12-6-4-11(5-7-12)13-9-15(16-3-2-8-22-16)20-17(19)14(13)10-18/h2-9H,1H3,(H2,19,20). The van der Waals surface area contributed by atoms with E-state index in [1.54, 1.807) is 31.6 Å². The predicted molar refractivity (Wildman–Crippen MR) is 83.1 cm³/mol. The summed E-state index contributed by atoms with van der Waals surface area (Å²) in [5, 5.41) is 9.36. The lowest BCUT2D eigenvalue weighted by Gasteiger charge is -2.09.